The Labute approximate surface area is 109 Å². The number of halogens is 1. The first kappa shape index (κ1) is 12.0. The molecular formula is C13H13BrN2O. The maximum atomic E-state index is 5.66. The van der Waals surface area contributed by atoms with Gasteiger partial charge >= 0.3 is 0 Å². The van der Waals surface area contributed by atoms with E-state index in [-0.39, 0.29) is 0 Å². The van der Waals surface area contributed by atoms with E-state index >= 15 is 0 Å². The first-order valence-corrected chi connectivity index (χ1v) is 6.12. The van der Waals surface area contributed by atoms with Crippen LogP contribution in [0.1, 0.15) is 17.0 Å². The highest BCUT2D eigenvalue weighted by Crippen LogP contribution is 2.23. The summed E-state index contributed by atoms with van der Waals surface area (Å²) in [6.45, 7) is 4.43. The lowest BCUT2D eigenvalue weighted by atomic mass is 10.2. The Kier molecular flexibility index (Phi) is 3.74. The summed E-state index contributed by atoms with van der Waals surface area (Å²) in [5, 5.41) is 0. The Balaban J connectivity index is 2.07. The molecule has 2 heterocycles. The van der Waals surface area contributed by atoms with Gasteiger partial charge in [-0.15, -0.1) is 0 Å². The van der Waals surface area contributed by atoms with Crippen LogP contribution in [-0.4, -0.2) is 9.97 Å². The molecule has 2 rings (SSSR count). The van der Waals surface area contributed by atoms with Crippen molar-refractivity contribution in [1.29, 1.82) is 0 Å². The van der Waals surface area contributed by atoms with E-state index < -0.39 is 0 Å². The minimum Gasteiger partial charge on any atom is -0.484 e. The van der Waals surface area contributed by atoms with Crippen molar-refractivity contribution in [3.63, 3.8) is 0 Å². The molecule has 0 spiro atoms. The zero-order chi connectivity index (χ0) is 12.3. The molecule has 0 N–H and O–H groups in total. The predicted octanol–water partition coefficient (Wildman–Crippen LogP) is 3.43. The second kappa shape index (κ2) is 5.27. The molecule has 0 aromatic carbocycles. The second-order valence-corrected chi connectivity index (χ2v) is 4.61. The van der Waals surface area contributed by atoms with Crippen molar-refractivity contribution in [2.75, 3.05) is 0 Å². The fraction of sp³-hybridized carbons (Fsp3) is 0.231. The predicted molar refractivity (Wildman–Crippen MR) is 70.0 cm³/mol. The van der Waals surface area contributed by atoms with Crippen LogP contribution >= 0.6 is 15.9 Å². The van der Waals surface area contributed by atoms with E-state index in [0.29, 0.717) is 6.61 Å². The van der Waals surface area contributed by atoms with Gasteiger partial charge in [-0.2, -0.15) is 0 Å². The van der Waals surface area contributed by atoms with E-state index in [0.717, 1.165) is 21.7 Å². The SMILES string of the molecule is Cc1ccnc(COc2ccc(C)nc2Br)c1. The average Bonchev–Trinajstić information content (AvgIpc) is 2.28. The van der Waals surface area contributed by atoms with Crippen LogP contribution < -0.4 is 4.74 Å². The quantitative estimate of drug-likeness (QED) is 0.813. The average molecular weight is 293 g/mol. The first-order chi connectivity index (χ1) is 8.15. The molecule has 2 aromatic rings. The third kappa shape index (κ3) is 3.27. The highest BCUT2D eigenvalue weighted by atomic mass is 79.9. The number of pyridine rings is 2. The molecular weight excluding hydrogens is 280 g/mol. The van der Waals surface area contributed by atoms with Gasteiger partial charge in [-0.05, 0) is 59.6 Å². The minimum atomic E-state index is 0.449. The number of nitrogens with zero attached hydrogens (tertiary/aromatic N) is 2. The molecule has 0 atom stereocenters. The van der Waals surface area contributed by atoms with Crippen LogP contribution in [0.15, 0.2) is 35.1 Å². The van der Waals surface area contributed by atoms with E-state index in [9.17, 15) is 0 Å². The fourth-order valence-electron chi connectivity index (χ4n) is 1.45. The Morgan fingerprint density at radius 1 is 1.24 bits per heavy atom. The Morgan fingerprint density at radius 3 is 2.76 bits per heavy atom. The largest absolute Gasteiger partial charge is 0.484 e. The van der Waals surface area contributed by atoms with Crippen molar-refractivity contribution < 1.29 is 4.74 Å². The van der Waals surface area contributed by atoms with Crippen LogP contribution in [0, 0.1) is 13.8 Å². The van der Waals surface area contributed by atoms with E-state index in [1.165, 1.54) is 5.56 Å². The molecule has 88 valence electrons. The summed E-state index contributed by atoms with van der Waals surface area (Å²) < 4.78 is 6.39. The lowest BCUT2D eigenvalue weighted by molar-refractivity contribution is 0.297. The lowest BCUT2D eigenvalue weighted by Crippen LogP contribution is -1.99. The monoisotopic (exact) mass is 292 g/mol. The van der Waals surface area contributed by atoms with Crippen molar-refractivity contribution in [3.8, 4) is 5.75 Å². The van der Waals surface area contributed by atoms with Gasteiger partial charge < -0.3 is 4.74 Å². The van der Waals surface area contributed by atoms with Crippen LogP contribution in [0.5, 0.6) is 5.75 Å². The molecule has 0 unspecified atom stereocenters. The maximum absolute atomic E-state index is 5.66. The topological polar surface area (TPSA) is 35.0 Å². The molecule has 0 fully saturated rings. The molecule has 0 amide bonds. The zero-order valence-electron chi connectivity index (χ0n) is 9.77. The van der Waals surface area contributed by atoms with Gasteiger partial charge in [0.25, 0.3) is 0 Å². The van der Waals surface area contributed by atoms with Crippen LogP contribution in [0.2, 0.25) is 0 Å². The summed E-state index contributed by atoms with van der Waals surface area (Å²) in [6.07, 6.45) is 1.79. The van der Waals surface area contributed by atoms with Crippen LogP contribution in [0.3, 0.4) is 0 Å². The Morgan fingerprint density at radius 2 is 2.06 bits per heavy atom. The standard InChI is InChI=1S/C13H13BrN2O/c1-9-5-6-15-11(7-9)8-17-12-4-3-10(2)16-13(12)14/h3-7H,8H2,1-2H3. The van der Waals surface area contributed by atoms with Gasteiger partial charge in [0.1, 0.15) is 11.2 Å². The van der Waals surface area contributed by atoms with Gasteiger partial charge in [0, 0.05) is 11.9 Å². The highest BCUT2D eigenvalue weighted by Gasteiger charge is 2.03. The Bertz CT molecular complexity index is 529. The number of rotatable bonds is 3. The number of ether oxygens (including phenoxy) is 1. The molecule has 0 aliphatic heterocycles. The number of aryl methyl sites for hydroxylation is 2. The second-order valence-electron chi connectivity index (χ2n) is 3.85. The van der Waals surface area contributed by atoms with Gasteiger partial charge in [0.15, 0.2) is 5.75 Å². The van der Waals surface area contributed by atoms with Crippen molar-refractivity contribution in [2.45, 2.75) is 20.5 Å². The van der Waals surface area contributed by atoms with E-state index in [4.69, 9.17) is 4.74 Å². The lowest BCUT2D eigenvalue weighted by Gasteiger charge is -2.07. The summed E-state index contributed by atoms with van der Waals surface area (Å²) in [4.78, 5) is 8.52. The van der Waals surface area contributed by atoms with Crippen LogP contribution in [-0.2, 0) is 6.61 Å². The van der Waals surface area contributed by atoms with E-state index in [1.54, 1.807) is 6.20 Å². The van der Waals surface area contributed by atoms with Crippen LogP contribution in [0.25, 0.3) is 0 Å². The molecule has 2 aromatic heterocycles. The molecule has 17 heavy (non-hydrogen) atoms. The third-order valence-corrected chi connectivity index (χ3v) is 2.87. The normalized spacial score (nSPS) is 10.3. The number of hydrogen-bond acceptors (Lipinski definition) is 3. The van der Waals surface area contributed by atoms with Crippen molar-refractivity contribution >= 4 is 15.9 Å². The number of hydrogen-bond donors (Lipinski definition) is 0. The van der Waals surface area contributed by atoms with E-state index in [1.807, 2.05) is 38.1 Å². The number of aromatic nitrogens is 2. The smallest absolute Gasteiger partial charge is 0.152 e. The summed E-state index contributed by atoms with van der Waals surface area (Å²) in [5.41, 5.74) is 3.05. The third-order valence-electron chi connectivity index (χ3n) is 2.30. The molecule has 3 nitrogen and oxygen atoms in total. The van der Waals surface area contributed by atoms with Crippen molar-refractivity contribution in [1.82, 2.24) is 9.97 Å². The summed E-state index contributed by atoms with van der Waals surface area (Å²) in [6, 6.07) is 7.80. The fourth-order valence-corrected chi connectivity index (χ4v) is 1.98. The van der Waals surface area contributed by atoms with Gasteiger partial charge in [0.05, 0.1) is 5.69 Å². The van der Waals surface area contributed by atoms with E-state index in [2.05, 4.69) is 25.9 Å². The maximum Gasteiger partial charge on any atom is 0.152 e. The van der Waals surface area contributed by atoms with Crippen molar-refractivity contribution in [2.24, 2.45) is 0 Å². The molecule has 4 heteroatoms. The minimum absolute atomic E-state index is 0.449. The van der Waals surface area contributed by atoms with Crippen LogP contribution in [0.4, 0.5) is 0 Å². The van der Waals surface area contributed by atoms with Gasteiger partial charge in [-0.1, -0.05) is 0 Å². The zero-order valence-corrected chi connectivity index (χ0v) is 11.4. The Hall–Kier alpha value is -1.42. The van der Waals surface area contributed by atoms with Gasteiger partial charge in [-0.25, -0.2) is 4.98 Å². The molecule has 0 saturated carbocycles. The molecule has 0 saturated heterocycles. The molecule has 0 radical (unpaired) electrons. The molecule has 0 bridgehead atoms. The highest BCUT2D eigenvalue weighted by molar-refractivity contribution is 9.10. The van der Waals surface area contributed by atoms with Gasteiger partial charge in [0.2, 0.25) is 0 Å². The summed E-state index contributed by atoms with van der Waals surface area (Å²) in [5.74, 6) is 0.735. The first-order valence-electron chi connectivity index (χ1n) is 5.32. The van der Waals surface area contributed by atoms with Gasteiger partial charge in [-0.3, -0.25) is 4.98 Å². The molecule has 0 aliphatic carbocycles. The summed E-state index contributed by atoms with van der Waals surface area (Å²) in [7, 11) is 0. The molecule has 0 aliphatic rings. The summed E-state index contributed by atoms with van der Waals surface area (Å²) >= 11 is 3.38. The van der Waals surface area contributed by atoms with Crippen molar-refractivity contribution in [3.05, 3.63) is 52.0 Å².